The molecule has 0 aliphatic carbocycles. The average molecular weight is 268 g/mol. The van der Waals surface area contributed by atoms with Crippen LogP contribution < -0.4 is 5.32 Å². The van der Waals surface area contributed by atoms with Gasteiger partial charge in [-0.1, -0.05) is 58.8 Å². The van der Waals surface area contributed by atoms with Crippen LogP contribution in [-0.4, -0.2) is 36.6 Å². The van der Waals surface area contributed by atoms with E-state index in [-0.39, 0.29) is 0 Å². The van der Waals surface area contributed by atoms with Crippen LogP contribution in [0.25, 0.3) is 0 Å². The lowest BCUT2D eigenvalue weighted by Gasteiger charge is -2.39. The minimum atomic E-state index is 0.678. The lowest BCUT2D eigenvalue weighted by Crippen LogP contribution is -2.55. The number of nitrogens with zero attached hydrogens (tertiary/aromatic N) is 1. The van der Waals surface area contributed by atoms with Crippen molar-refractivity contribution in [1.82, 2.24) is 10.2 Å². The Hall–Kier alpha value is -0.0800. The van der Waals surface area contributed by atoms with Gasteiger partial charge >= 0.3 is 0 Å². The molecular formula is C17H36N2. The van der Waals surface area contributed by atoms with E-state index < -0.39 is 0 Å². The van der Waals surface area contributed by atoms with Gasteiger partial charge in [-0.3, -0.25) is 4.90 Å². The molecule has 2 nitrogen and oxygen atoms in total. The minimum absolute atomic E-state index is 0.678. The predicted octanol–water partition coefficient (Wildman–Crippen LogP) is 4.20. The zero-order valence-electron chi connectivity index (χ0n) is 13.6. The summed E-state index contributed by atoms with van der Waals surface area (Å²) in [7, 11) is 0. The first-order chi connectivity index (χ1) is 9.27. The van der Waals surface area contributed by atoms with Crippen LogP contribution in [0.3, 0.4) is 0 Å². The van der Waals surface area contributed by atoms with Gasteiger partial charge in [-0.2, -0.15) is 0 Å². The molecule has 0 aromatic heterocycles. The van der Waals surface area contributed by atoms with Gasteiger partial charge in [-0.05, 0) is 26.3 Å². The van der Waals surface area contributed by atoms with Gasteiger partial charge in [0.25, 0.3) is 0 Å². The molecule has 2 heteroatoms. The molecule has 1 heterocycles. The monoisotopic (exact) mass is 268 g/mol. The lowest BCUT2D eigenvalue weighted by atomic mass is 10.1. The molecule has 19 heavy (non-hydrogen) atoms. The highest BCUT2D eigenvalue weighted by Crippen LogP contribution is 2.13. The molecule has 0 bridgehead atoms. The molecule has 0 aromatic carbocycles. The molecule has 0 radical (unpaired) electrons. The molecule has 1 aliphatic rings. The standard InChI is InChI=1S/C17H36N2/c1-4-6-7-8-9-10-11-12-13-19-15-16(3)18-14-17(19)5-2/h16-18H,4-15H2,1-3H3. The van der Waals surface area contributed by atoms with Crippen LogP contribution in [0.5, 0.6) is 0 Å². The molecule has 0 saturated carbocycles. The smallest absolute Gasteiger partial charge is 0.0218 e. The topological polar surface area (TPSA) is 15.3 Å². The second kappa shape index (κ2) is 10.7. The summed E-state index contributed by atoms with van der Waals surface area (Å²) < 4.78 is 0. The summed E-state index contributed by atoms with van der Waals surface area (Å²) in [5.41, 5.74) is 0. The zero-order chi connectivity index (χ0) is 13.9. The third-order valence-electron chi connectivity index (χ3n) is 4.50. The third kappa shape index (κ3) is 7.31. The van der Waals surface area contributed by atoms with Gasteiger partial charge in [0.1, 0.15) is 0 Å². The van der Waals surface area contributed by atoms with Crippen LogP contribution in [0.15, 0.2) is 0 Å². The first-order valence-electron chi connectivity index (χ1n) is 8.75. The molecule has 1 fully saturated rings. The molecular weight excluding hydrogens is 232 g/mol. The van der Waals surface area contributed by atoms with Crippen molar-refractivity contribution in [1.29, 1.82) is 0 Å². The Morgan fingerprint density at radius 1 is 0.947 bits per heavy atom. The fourth-order valence-electron chi connectivity index (χ4n) is 3.16. The fourth-order valence-corrected chi connectivity index (χ4v) is 3.16. The molecule has 2 atom stereocenters. The maximum absolute atomic E-state index is 3.60. The average Bonchev–Trinajstić information content (AvgIpc) is 2.42. The predicted molar refractivity (Wildman–Crippen MR) is 85.7 cm³/mol. The van der Waals surface area contributed by atoms with Crippen molar-refractivity contribution >= 4 is 0 Å². The van der Waals surface area contributed by atoms with E-state index in [2.05, 4.69) is 31.0 Å². The van der Waals surface area contributed by atoms with Crippen molar-refractivity contribution in [3.8, 4) is 0 Å². The van der Waals surface area contributed by atoms with Crippen molar-refractivity contribution in [2.24, 2.45) is 0 Å². The Bertz CT molecular complexity index is 205. The zero-order valence-corrected chi connectivity index (χ0v) is 13.6. The van der Waals surface area contributed by atoms with Crippen molar-refractivity contribution in [3.05, 3.63) is 0 Å². The van der Waals surface area contributed by atoms with Crippen molar-refractivity contribution in [3.63, 3.8) is 0 Å². The molecule has 0 spiro atoms. The van der Waals surface area contributed by atoms with Crippen LogP contribution in [0, 0.1) is 0 Å². The van der Waals surface area contributed by atoms with Crippen LogP contribution in [0.2, 0.25) is 0 Å². The lowest BCUT2D eigenvalue weighted by molar-refractivity contribution is 0.129. The van der Waals surface area contributed by atoms with Gasteiger partial charge in [0.2, 0.25) is 0 Å². The van der Waals surface area contributed by atoms with E-state index in [1.165, 1.54) is 77.4 Å². The van der Waals surface area contributed by atoms with E-state index in [1.807, 2.05) is 0 Å². The largest absolute Gasteiger partial charge is 0.311 e. The first kappa shape index (κ1) is 17.0. The maximum atomic E-state index is 3.60. The second-order valence-electron chi connectivity index (χ2n) is 6.34. The van der Waals surface area contributed by atoms with Gasteiger partial charge in [0.15, 0.2) is 0 Å². The van der Waals surface area contributed by atoms with E-state index in [9.17, 15) is 0 Å². The molecule has 1 saturated heterocycles. The van der Waals surface area contributed by atoms with Gasteiger partial charge in [0, 0.05) is 25.2 Å². The summed E-state index contributed by atoms with van der Waals surface area (Å²) in [5, 5.41) is 3.60. The summed E-state index contributed by atoms with van der Waals surface area (Å²) in [6, 6.07) is 1.46. The van der Waals surface area contributed by atoms with Crippen molar-refractivity contribution in [2.45, 2.75) is 90.6 Å². The highest BCUT2D eigenvalue weighted by molar-refractivity contribution is 4.83. The number of nitrogens with one attached hydrogen (secondary N) is 1. The number of hydrogen-bond acceptors (Lipinski definition) is 2. The highest BCUT2D eigenvalue weighted by atomic mass is 15.2. The quantitative estimate of drug-likeness (QED) is 0.597. The van der Waals surface area contributed by atoms with Gasteiger partial charge < -0.3 is 5.32 Å². The fraction of sp³-hybridized carbons (Fsp3) is 1.00. The van der Waals surface area contributed by atoms with E-state index >= 15 is 0 Å². The number of piperazine rings is 1. The van der Waals surface area contributed by atoms with Crippen molar-refractivity contribution < 1.29 is 0 Å². The molecule has 2 unspecified atom stereocenters. The van der Waals surface area contributed by atoms with Crippen LogP contribution >= 0.6 is 0 Å². The van der Waals surface area contributed by atoms with Gasteiger partial charge in [0.05, 0.1) is 0 Å². The third-order valence-corrected chi connectivity index (χ3v) is 4.50. The van der Waals surface area contributed by atoms with Gasteiger partial charge in [-0.25, -0.2) is 0 Å². The molecule has 1 aliphatic heterocycles. The van der Waals surface area contributed by atoms with E-state index in [0.717, 1.165) is 6.04 Å². The highest BCUT2D eigenvalue weighted by Gasteiger charge is 2.23. The Morgan fingerprint density at radius 2 is 1.58 bits per heavy atom. The molecule has 1 rings (SSSR count). The molecule has 0 amide bonds. The van der Waals surface area contributed by atoms with Crippen molar-refractivity contribution in [2.75, 3.05) is 19.6 Å². The summed E-state index contributed by atoms with van der Waals surface area (Å²) in [5.74, 6) is 0. The van der Waals surface area contributed by atoms with E-state index in [0.29, 0.717) is 6.04 Å². The van der Waals surface area contributed by atoms with Crippen LogP contribution in [-0.2, 0) is 0 Å². The van der Waals surface area contributed by atoms with E-state index in [4.69, 9.17) is 0 Å². The Labute approximate surface area is 121 Å². The summed E-state index contributed by atoms with van der Waals surface area (Å²) in [4.78, 5) is 2.72. The van der Waals surface area contributed by atoms with E-state index in [1.54, 1.807) is 0 Å². The number of hydrogen-bond donors (Lipinski definition) is 1. The SMILES string of the molecule is CCCCCCCCCCN1CC(C)NCC1CC. The Kier molecular flexibility index (Phi) is 9.54. The molecule has 114 valence electrons. The summed E-state index contributed by atoms with van der Waals surface area (Å²) >= 11 is 0. The summed E-state index contributed by atoms with van der Waals surface area (Å²) in [6.45, 7) is 10.7. The first-order valence-corrected chi connectivity index (χ1v) is 8.75. The summed E-state index contributed by atoms with van der Waals surface area (Å²) in [6.07, 6.45) is 12.7. The second-order valence-corrected chi connectivity index (χ2v) is 6.34. The molecule has 0 aromatic rings. The van der Waals surface area contributed by atoms with Crippen LogP contribution in [0.4, 0.5) is 0 Å². The maximum Gasteiger partial charge on any atom is 0.0218 e. The number of unbranched alkanes of at least 4 members (excludes halogenated alkanes) is 7. The minimum Gasteiger partial charge on any atom is -0.311 e. The van der Waals surface area contributed by atoms with Gasteiger partial charge in [-0.15, -0.1) is 0 Å². The van der Waals surface area contributed by atoms with Crippen LogP contribution in [0.1, 0.15) is 78.6 Å². The molecule has 1 N–H and O–H groups in total. The normalized spacial score (nSPS) is 24.8. The Morgan fingerprint density at radius 3 is 2.21 bits per heavy atom. The number of rotatable bonds is 10. The Balaban J connectivity index is 2.00.